The number of nitrogens with zero attached hydrogens (tertiary/aromatic N) is 4. The van der Waals surface area contributed by atoms with Gasteiger partial charge in [0.25, 0.3) is 0 Å². The number of aliphatic imine (C=N–C) groups is 1. The van der Waals surface area contributed by atoms with E-state index in [1.165, 1.54) is 32.6 Å². The highest BCUT2D eigenvalue weighted by atomic mass is 127. The maximum Gasteiger partial charge on any atom is 0.217 e. The van der Waals surface area contributed by atoms with Gasteiger partial charge in [-0.3, -0.25) is 9.79 Å². The first-order valence-electron chi connectivity index (χ1n) is 9.73. The van der Waals surface area contributed by atoms with Crippen molar-refractivity contribution in [2.75, 3.05) is 66.5 Å². The van der Waals surface area contributed by atoms with Crippen LogP contribution in [0.15, 0.2) is 4.99 Å². The summed E-state index contributed by atoms with van der Waals surface area (Å²) in [6.07, 6.45) is 5.05. The van der Waals surface area contributed by atoms with Crippen LogP contribution in [0.25, 0.3) is 0 Å². The van der Waals surface area contributed by atoms with Crippen LogP contribution in [0.5, 0.6) is 0 Å². The normalized spacial score (nSPS) is 23.2. The lowest BCUT2D eigenvalue weighted by atomic mass is 9.95. The number of carbonyl (C=O) groups is 1. The molecule has 1 unspecified atom stereocenters. The molecule has 7 nitrogen and oxygen atoms in total. The Morgan fingerprint density at radius 2 is 2.00 bits per heavy atom. The summed E-state index contributed by atoms with van der Waals surface area (Å²) in [5.41, 5.74) is 5.36. The number of halogens is 1. The molecule has 0 saturated carbocycles. The number of nitrogens with two attached hydrogens (primary N) is 1. The van der Waals surface area contributed by atoms with Crippen LogP contribution in [0.2, 0.25) is 0 Å². The number of guanidine groups is 1. The lowest BCUT2D eigenvalue weighted by molar-refractivity contribution is -0.119. The molecule has 2 heterocycles. The van der Waals surface area contributed by atoms with Gasteiger partial charge < -0.3 is 25.8 Å². The highest BCUT2D eigenvalue weighted by Crippen LogP contribution is 2.19. The predicted octanol–water partition coefficient (Wildman–Crippen LogP) is 0.795. The van der Waals surface area contributed by atoms with Gasteiger partial charge in [0, 0.05) is 46.2 Å². The van der Waals surface area contributed by atoms with E-state index in [4.69, 9.17) is 5.73 Å². The van der Waals surface area contributed by atoms with E-state index in [1.54, 1.807) is 0 Å². The molecule has 3 N–H and O–H groups in total. The predicted molar refractivity (Wildman–Crippen MR) is 118 cm³/mol. The molecule has 2 saturated heterocycles. The van der Waals surface area contributed by atoms with Crippen LogP contribution in [-0.2, 0) is 4.79 Å². The summed E-state index contributed by atoms with van der Waals surface area (Å²) in [7, 11) is 4.05. The zero-order valence-corrected chi connectivity index (χ0v) is 18.8. The van der Waals surface area contributed by atoms with E-state index in [0.717, 1.165) is 51.4 Å². The molecule has 2 rings (SSSR count). The number of hydrogen-bond acceptors (Lipinski definition) is 4. The summed E-state index contributed by atoms with van der Waals surface area (Å²) >= 11 is 0. The summed E-state index contributed by atoms with van der Waals surface area (Å²) in [5.74, 6) is 1.13. The SMILES string of the molecule is CN=C(NCCCN1CCCN(C)CC1)N1CCCC(CC(N)=O)C1.I. The molecule has 0 aromatic rings. The average Bonchev–Trinajstić information content (AvgIpc) is 2.79. The van der Waals surface area contributed by atoms with E-state index >= 15 is 0 Å². The average molecular weight is 480 g/mol. The second kappa shape index (κ2) is 12.7. The first-order chi connectivity index (χ1) is 12.1. The Morgan fingerprint density at radius 1 is 1.19 bits per heavy atom. The Labute approximate surface area is 175 Å². The third-order valence-corrected chi connectivity index (χ3v) is 5.27. The maximum absolute atomic E-state index is 11.2. The number of carbonyl (C=O) groups excluding carboxylic acids is 1. The van der Waals surface area contributed by atoms with Gasteiger partial charge in [-0.05, 0) is 58.3 Å². The van der Waals surface area contributed by atoms with Crippen molar-refractivity contribution in [2.24, 2.45) is 16.6 Å². The molecule has 1 amide bonds. The molecule has 0 aliphatic carbocycles. The van der Waals surface area contributed by atoms with Gasteiger partial charge in [0.2, 0.25) is 5.91 Å². The Morgan fingerprint density at radius 3 is 2.73 bits per heavy atom. The maximum atomic E-state index is 11.2. The fraction of sp³-hybridized carbons (Fsp3) is 0.889. The van der Waals surface area contributed by atoms with Crippen molar-refractivity contribution in [1.29, 1.82) is 0 Å². The first kappa shape index (κ1) is 23.4. The van der Waals surface area contributed by atoms with Crippen molar-refractivity contribution in [1.82, 2.24) is 20.0 Å². The molecular formula is C18H37IN6O. The molecule has 0 aromatic carbocycles. The second-order valence-corrected chi connectivity index (χ2v) is 7.45. The lowest BCUT2D eigenvalue weighted by Crippen LogP contribution is -2.47. The molecule has 152 valence electrons. The standard InChI is InChI=1S/C18H36N6O.HI/c1-20-18(24-11-3-6-16(15-24)14-17(19)25)21-7-4-9-23-10-5-8-22(2)12-13-23;/h16H,3-15H2,1-2H3,(H2,19,25)(H,20,21);1H. The van der Waals surface area contributed by atoms with Gasteiger partial charge in [0.1, 0.15) is 0 Å². The largest absolute Gasteiger partial charge is 0.370 e. The molecule has 0 aromatic heterocycles. The zero-order valence-electron chi connectivity index (χ0n) is 16.5. The Balaban J connectivity index is 0.00000338. The Bertz CT molecular complexity index is 447. The minimum absolute atomic E-state index is 0. The van der Waals surface area contributed by atoms with Gasteiger partial charge in [-0.1, -0.05) is 0 Å². The van der Waals surface area contributed by atoms with E-state index in [-0.39, 0.29) is 29.9 Å². The van der Waals surface area contributed by atoms with E-state index in [0.29, 0.717) is 12.3 Å². The third kappa shape index (κ3) is 8.39. The number of rotatable bonds is 6. The van der Waals surface area contributed by atoms with E-state index in [9.17, 15) is 4.79 Å². The summed E-state index contributed by atoms with van der Waals surface area (Å²) in [4.78, 5) is 22.9. The van der Waals surface area contributed by atoms with Crippen molar-refractivity contribution in [3.8, 4) is 0 Å². The molecule has 8 heteroatoms. The Hall–Kier alpha value is -0.610. The number of primary amides is 1. The number of nitrogens with one attached hydrogen (secondary N) is 1. The van der Waals surface area contributed by atoms with Gasteiger partial charge in [-0.15, -0.1) is 24.0 Å². The van der Waals surface area contributed by atoms with Gasteiger partial charge >= 0.3 is 0 Å². The first-order valence-corrected chi connectivity index (χ1v) is 9.73. The fourth-order valence-corrected chi connectivity index (χ4v) is 3.87. The van der Waals surface area contributed by atoms with Crippen molar-refractivity contribution in [3.05, 3.63) is 0 Å². The smallest absolute Gasteiger partial charge is 0.217 e. The van der Waals surface area contributed by atoms with Gasteiger partial charge in [0.15, 0.2) is 5.96 Å². The molecule has 26 heavy (non-hydrogen) atoms. The minimum atomic E-state index is -0.196. The summed E-state index contributed by atoms with van der Waals surface area (Å²) in [5, 5.41) is 3.50. The lowest BCUT2D eigenvalue weighted by Gasteiger charge is -2.34. The molecule has 0 radical (unpaired) electrons. The van der Waals surface area contributed by atoms with Crippen LogP contribution in [0.3, 0.4) is 0 Å². The number of amides is 1. The van der Waals surface area contributed by atoms with Crippen molar-refractivity contribution >= 4 is 35.8 Å². The summed E-state index contributed by atoms with van der Waals surface area (Å²) < 4.78 is 0. The summed E-state index contributed by atoms with van der Waals surface area (Å²) in [6, 6.07) is 0. The summed E-state index contributed by atoms with van der Waals surface area (Å²) in [6.45, 7) is 8.73. The number of likely N-dealkylation sites (N-methyl/N-ethyl adjacent to an activating group) is 1. The molecule has 2 fully saturated rings. The van der Waals surface area contributed by atoms with Crippen molar-refractivity contribution in [3.63, 3.8) is 0 Å². The second-order valence-electron chi connectivity index (χ2n) is 7.45. The molecule has 1 atom stereocenters. The highest BCUT2D eigenvalue weighted by molar-refractivity contribution is 14.0. The van der Waals surface area contributed by atoms with Crippen molar-refractivity contribution in [2.45, 2.75) is 32.1 Å². The minimum Gasteiger partial charge on any atom is -0.370 e. The van der Waals surface area contributed by atoms with E-state index in [1.807, 2.05) is 7.05 Å². The highest BCUT2D eigenvalue weighted by Gasteiger charge is 2.23. The fourth-order valence-electron chi connectivity index (χ4n) is 3.87. The van der Waals surface area contributed by atoms with Crippen molar-refractivity contribution < 1.29 is 4.79 Å². The van der Waals surface area contributed by atoms with E-state index in [2.05, 4.69) is 32.1 Å². The molecule has 2 aliphatic heterocycles. The van der Waals surface area contributed by atoms with Crippen LogP contribution in [0.1, 0.15) is 32.1 Å². The van der Waals surface area contributed by atoms with E-state index < -0.39 is 0 Å². The number of piperidine rings is 1. The molecule has 2 aliphatic rings. The monoisotopic (exact) mass is 480 g/mol. The van der Waals surface area contributed by atoms with Gasteiger partial charge in [-0.25, -0.2) is 0 Å². The number of likely N-dealkylation sites (tertiary alicyclic amines) is 1. The van der Waals surface area contributed by atoms with Crippen LogP contribution in [0.4, 0.5) is 0 Å². The molecule has 0 bridgehead atoms. The molecule has 0 spiro atoms. The topological polar surface area (TPSA) is 77.2 Å². The van der Waals surface area contributed by atoms with Crippen LogP contribution in [0, 0.1) is 5.92 Å². The van der Waals surface area contributed by atoms with Crippen LogP contribution >= 0.6 is 24.0 Å². The molecular weight excluding hydrogens is 443 g/mol. The quantitative estimate of drug-likeness (QED) is 0.255. The van der Waals surface area contributed by atoms with Gasteiger partial charge in [0.05, 0.1) is 0 Å². The van der Waals surface area contributed by atoms with Crippen LogP contribution in [-0.4, -0.2) is 93.0 Å². The zero-order chi connectivity index (χ0) is 18.1. The number of hydrogen-bond donors (Lipinski definition) is 2. The van der Waals surface area contributed by atoms with Crippen LogP contribution < -0.4 is 11.1 Å². The Kier molecular flexibility index (Phi) is 11.5. The van der Waals surface area contributed by atoms with Gasteiger partial charge in [-0.2, -0.15) is 0 Å². The third-order valence-electron chi connectivity index (χ3n) is 5.27.